The molecule has 0 radical (unpaired) electrons. The van der Waals surface area contributed by atoms with Gasteiger partial charge in [0, 0.05) is 11.3 Å². The van der Waals surface area contributed by atoms with Crippen molar-refractivity contribution in [3.05, 3.63) is 52.2 Å². The summed E-state index contributed by atoms with van der Waals surface area (Å²) in [6, 6.07) is 12.4. The molecule has 0 fully saturated rings. The number of benzene rings is 1. The lowest BCUT2D eigenvalue weighted by molar-refractivity contribution is 0.201. The largest absolute Gasteiger partial charge is 0.485 e. The number of ether oxygens (including phenoxy) is 1. The summed E-state index contributed by atoms with van der Waals surface area (Å²) in [5.41, 5.74) is 6.97. The van der Waals surface area contributed by atoms with Crippen LogP contribution in [0.2, 0.25) is 0 Å². The van der Waals surface area contributed by atoms with Crippen molar-refractivity contribution in [2.45, 2.75) is 25.9 Å². The lowest BCUT2D eigenvalue weighted by atomic mass is 10.1. The summed E-state index contributed by atoms with van der Waals surface area (Å²) in [5.74, 6) is 0.932. The fraction of sp³-hybridized carbons (Fsp3) is 0.333. The van der Waals surface area contributed by atoms with Gasteiger partial charge in [0.25, 0.3) is 0 Å². The molecule has 0 saturated heterocycles. The topological polar surface area (TPSA) is 35.2 Å². The first kappa shape index (κ1) is 13.1. The second kappa shape index (κ2) is 6.57. The maximum atomic E-state index is 6.07. The summed E-state index contributed by atoms with van der Waals surface area (Å²) in [5, 5.41) is 2.07. The molecule has 0 aliphatic carbocycles. The predicted octanol–water partition coefficient (Wildman–Crippen LogP) is 3.78. The molecule has 18 heavy (non-hydrogen) atoms. The van der Waals surface area contributed by atoms with E-state index in [2.05, 4.69) is 36.6 Å². The van der Waals surface area contributed by atoms with Gasteiger partial charge in [0.1, 0.15) is 11.9 Å². The minimum absolute atomic E-state index is 0.0714. The van der Waals surface area contributed by atoms with Crippen LogP contribution in [-0.2, 0) is 6.42 Å². The van der Waals surface area contributed by atoms with E-state index >= 15 is 0 Å². The zero-order valence-electron chi connectivity index (χ0n) is 10.6. The molecule has 2 aromatic rings. The Kier molecular flexibility index (Phi) is 4.79. The molecule has 96 valence electrons. The Labute approximate surface area is 112 Å². The average Bonchev–Trinajstić information content (AvgIpc) is 2.92. The van der Waals surface area contributed by atoms with Crippen LogP contribution < -0.4 is 10.5 Å². The summed E-state index contributed by atoms with van der Waals surface area (Å²) in [6.45, 7) is 2.78. The molecule has 1 aromatic heterocycles. The molecule has 1 aromatic carbocycles. The second-order valence-electron chi connectivity index (χ2n) is 4.20. The molecule has 1 heterocycles. The van der Waals surface area contributed by atoms with E-state index in [9.17, 15) is 0 Å². The quantitative estimate of drug-likeness (QED) is 0.859. The SMILES string of the molecule is CCc1cccc(OC(CCN)c2cccs2)c1. The van der Waals surface area contributed by atoms with Crippen molar-refractivity contribution in [2.75, 3.05) is 6.54 Å². The standard InChI is InChI=1S/C15H19NOS/c1-2-12-5-3-6-13(11-12)17-14(8-9-16)15-7-4-10-18-15/h3-7,10-11,14H,2,8-9,16H2,1H3. The van der Waals surface area contributed by atoms with Crippen LogP contribution in [0.25, 0.3) is 0 Å². The molecule has 0 amide bonds. The maximum absolute atomic E-state index is 6.07. The van der Waals surface area contributed by atoms with Crippen molar-refractivity contribution < 1.29 is 4.74 Å². The van der Waals surface area contributed by atoms with E-state index in [4.69, 9.17) is 10.5 Å². The molecule has 0 aliphatic rings. The molecule has 1 atom stereocenters. The van der Waals surface area contributed by atoms with E-state index in [0.717, 1.165) is 18.6 Å². The Morgan fingerprint density at radius 2 is 2.17 bits per heavy atom. The molecule has 2 rings (SSSR count). The van der Waals surface area contributed by atoms with Crippen LogP contribution in [0.4, 0.5) is 0 Å². The van der Waals surface area contributed by atoms with Crippen LogP contribution >= 0.6 is 11.3 Å². The zero-order chi connectivity index (χ0) is 12.8. The molecule has 0 saturated carbocycles. The number of aryl methyl sites for hydroxylation is 1. The number of rotatable bonds is 6. The van der Waals surface area contributed by atoms with Gasteiger partial charge >= 0.3 is 0 Å². The highest BCUT2D eigenvalue weighted by atomic mass is 32.1. The van der Waals surface area contributed by atoms with Crippen LogP contribution in [0.15, 0.2) is 41.8 Å². The average molecular weight is 261 g/mol. The smallest absolute Gasteiger partial charge is 0.134 e. The van der Waals surface area contributed by atoms with Gasteiger partial charge in [-0.1, -0.05) is 25.1 Å². The van der Waals surface area contributed by atoms with Gasteiger partial charge in [0.15, 0.2) is 0 Å². The van der Waals surface area contributed by atoms with Gasteiger partial charge in [-0.15, -0.1) is 11.3 Å². The highest BCUT2D eigenvalue weighted by molar-refractivity contribution is 7.10. The zero-order valence-corrected chi connectivity index (χ0v) is 11.5. The first-order valence-corrected chi connectivity index (χ1v) is 7.20. The van der Waals surface area contributed by atoms with Gasteiger partial charge in [-0.3, -0.25) is 0 Å². The van der Waals surface area contributed by atoms with E-state index in [1.807, 2.05) is 12.1 Å². The normalized spacial score (nSPS) is 12.3. The fourth-order valence-corrected chi connectivity index (χ4v) is 2.68. The molecule has 2 nitrogen and oxygen atoms in total. The predicted molar refractivity (Wildman–Crippen MR) is 77.2 cm³/mol. The van der Waals surface area contributed by atoms with Gasteiger partial charge in [-0.25, -0.2) is 0 Å². The first-order chi connectivity index (χ1) is 8.83. The Balaban J connectivity index is 2.13. The van der Waals surface area contributed by atoms with Gasteiger partial charge in [0.05, 0.1) is 0 Å². The highest BCUT2D eigenvalue weighted by Crippen LogP contribution is 2.28. The van der Waals surface area contributed by atoms with Crippen molar-refractivity contribution >= 4 is 11.3 Å². The highest BCUT2D eigenvalue weighted by Gasteiger charge is 2.13. The molecule has 0 aliphatic heterocycles. The number of hydrogen-bond donors (Lipinski definition) is 1. The molecule has 3 heteroatoms. The second-order valence-corrected chi connectivity index (χ2v) is 5.18. The van der Waals surface area contributed by atoms with E-state index in [0.29, 0.717) is 6.54 Å². The van der Waals surface area contributed by atoms with Crippen molar-refractivity contribution in [2.24, 2.45) is 5.73 Å². The number of nitrogens with two attached hydrogens (primary N) is 1. The Hall–Kier alpha value is -1.32. The molecular weight excluding hydrogens is 242 g/mol. The maximum Gasteiger partial charge on any atom is 0.134 e. The fourth-order valence-electron chi connectivity index (χ4n) is 1.89. The van der Waals surface area contributed by atoms with Gasteiger partial charge in [-0.05, 0) is 42.1 Å². The molecule has 0 spiro atoms. The lowest BCUT2D eigenvalue weighted by Crippen LogP contribution is -2.12. The van der Waals surface area contributed by atoms with Gasteiger partial charge < -0.3 is 10.5 Å². The van der Waals surface area contributed by atoms with E-state index in [-0.39, 0.29) is 6.10 Å². The van der Waals surface area contributed by atoms with E-state index < -0.39 is 0 Å². The van der Waals surface area contributed by atoms with Gasteiger partial charge in [-0.2, -0.15) is 0 Å². The Morgan fingerprint density at radius 3 is 2.83 bits per heavy atom. The minimum atomic E-state index is 0.0714. The third-order valence-corrected chi connectivity index (χ3v) is 3.84. The minimum Gasteiger partial charge on any atom is -0.485 e. The van der Waals surface area contributed by atoms with Gasteiger partial charge in [0.2, 0.25) is 0 Å². The summed E-state index contributed by atoms with van der Waals surface area (Å²) in [4.78, 5) is 1.24. The molecule has 1 unspecified atom stereocenters. The first-order valence-electron chi connectivity index (χ1n) is 6.32. The van der Waals surface area contributed by atoms with Crippen molar-refractivity contribution in [1.29, 1.82) is 0 Å². The summed E-state index contributed by atoms with van der Waals surface area (Å²) in [6.07, 6.45) is 1.94. The lowest BCUT2D eigenvalue weighted by Gasteiger charge is -2.17. The van der Waals surface area contributed by atoms with Crippen LogP contribution in [-0.4, -0.2) is 6.54 Å². The third-order valence-electron chi connectivity index (χ3n) is 2.87. The molecular formula is C15H19NOS. The summed E-state index contributed by atoms with van der Waals surface area (Å²) < 4.78 is 6.07. The number of thiophene rings is 1. The summed E-state index contributed by atoms with van der Waals surface area (Å²) in [7, 11) is 0. The van der Waals surface area contributed by atoms with Crippen LogP contribution in [0.1, 0.15) is 29.9 Å². The Morgan fingerprint density at radius 1 is 1.28 bits per heavy atom. The monoisotopic (exact) mass is 261 g/mol. The number of hydrogen-bond acceptors (Lipinski definition) is 3. The van der Waals surface area contributed by atoms with E-state index in [1.165, 1.54) is 10.4 Å². The van der Waals surface area contributed by atoms with Crippen LogP contribution in [0, 0.1) is 0 Å². The third kappa shape index (κ3) is 3.34. The van der Waals surface area contributed by atoms with Crippen molar-refractivity contribution in [3.63, 3.8) is 0 Å². The Bertz CT molecular complexity index is 467. The molecule has 2 N–H and O–H groups in total. The van der Waals surface area contributed by atoms with Crippen LogP contribution in [0.3, 0.4) is 0 Å². The van der Waals surface area contributed by atoms with Crippen molar-refractivity contribution in [3.8, 4) is 5.75 Å². The van der Waals surface area contributed by atoms with Crippen molar-refractivity contribution in [1.82, 2.24) is 0 Å². The van der Waals surface area contributed by atoms with E-state index in [1.54, 1.807) is 11.3 Å². The molecule has 0 bridgehead atoms. The summed E-state index contributed by atoms with van der Waals surface area (Å²) >= 11 is 1.72. The van der Waals surface area contributed by atoms with Crippen LogP contribution in [0.5, 0.6) is 5.75 Å².